The fraction of sp³-hybridized carbons (Fsp3) is 0.429. The first-order valence-electron chi connectivity index (χ1n) is 9.17. The van der Waals surface area contributed by atoms with Gasteiger partial charge in [-0.25, -0.2) is 4.39 Å². The van der Waals surface area contributed by atoms with Gasteiger partial charge in [-0.05, 0) is 56.3 Å². The highest BCUT2D eigenvalue weighted by Crippen LogP contribution is 2.20. The highest BCUT2D eigenvalue weighted by atomic mass is 35.5. The molecule has 26 heavy (non-hydrogen) atoms. The molecule has 0 aliphatic carbocycles. The Kier molecular flexibility index (Phi) is 6.89. The number of halogens is 2. The van der Waals surface area contributed by atoms with E-state index in [-0.39, 0.29) is 5.82 Å². The SMILES string of the molecule is CN1CCN(CCCc2ccc(OCc3ccc(F)cc3Cl)cc2)CC1. The zero-order chi connectivity index (χ0) is 18.4. The summed E-state index contributed by atoms with van der Waals surface area (Å²) >= 11 is 6.02. The number of benzene rings is 2. The first kappa shape index (κ1) is 19.2. The average Bonchev–Trinajstić information content (AvgIpc) is 2.64. The van der Waals surface area contributed by atoms with Crippen molar-refractivity contribution in [2.75, 3.05) is 39.8 Å². The maximum Gasteiger partial charge on any atom is 0.124 e. The van der Waals surface area contributed by atoms with Crippen LogP contribution in [0.5, 0.6) is 5.75 Å². The topological polar surface area (TPSA) is 15.7 Å². The lowest BCUT2D eigenvalue weighted by atomic mass is 10.1. The lowest BCUT2D eigenvalue weighted by molar-refractivity contribution is 0.153. The Morgan fingerprint density at radius 1 is 1.04 bits per heavy atom. The van der Waals surface area contributed by atoms with Gasteiger partial charge in [-0.3, -0.25) is 0 Å². The molecule has 0 spiro atoms. The van der Waals surface area contributed by atoms with Gasteiger partial charge in [-0.2, -0.15) is 0 Å². The molecule has 0 bridgehead atoms. The van der Waals surface area contributed by atoms with E-state index in [1.807, 2.05) is 12.1 Å². The van der Waals surface area contributed by atoms with Crippen molar-refractivity contribution < 1.29 is 9.13 Å². The molecule has 0 atom stereocenters. The van der Waals surface area contributed by atoms with E-state index in [2.05, 4.69) is 29.0 Å². The third-order valence-corrected chi connectivity index (χ3v) is 5.22. The number of piperazine rings is 1. The zero-order valence-corrected chi connectivity index (χ0v) is 16.0. The van der Waals surface area contributed by atoms with Crippen molar-refractivity contribution in [2.45, 2.75) is 19.4 Å². The fourth-order valence-electron chi connectivity index (χ4n) is 3.13. The molecular weight excluding hydrogens is 351 g/mol. The van der Waals surface area contributed by atoms with Gasteiger partial charge >= 0.3 is 0 Å². The predicted octanol–water partition coefficient (Wildman–Crippen LogP) is 4.24. The Morgan fingerprint density at radius 3 is 2.46 bits per heavy atom. The average molecular weight is 377 g/mol. The summed E-state index contributed by atoms with van der Waals surface area (Å²) in [6.07, 6.45) is 2.26. The summed E-state index contributed by atoms with van der Waals surface area (Å²) in [6.45, 7) is 6.19. The molecule has 0 N–H and O–H groups in total. The van der Waals surface area contributed by atoms with Crippen LogP contribution in [0.25, 0.3) is 0 Å². The Hall–Kier alpha value is -1.62. The van der Waals surface area contributed by atoms with Gasteiger partial charge in [-0.15, -0.1) is 0 Å². The second-order valence-corrected chi connectivity index (χ2v) is 7.32. The number of ether oxygens (including phenoxy) is 1. The van der Waals surface area contributed by atoms with Crippen molar-refractivity contribution in [3.63, 3.8) is 0 Å². The summed E-state index contributed by atoms with van der Waals surface area (Å²) in [4.78, 5) is 4.93. The third kappa shape index (κ3) is 5.70. The fourth-order valence-corrected chi connectivity index (χ4v) is 3.35. The largest absolute Gasteiger partial charge is 0.489 e. The van der Waals surface area contributed by atoms with Crippen LogP contribution in [-0.2, 0) is 13.0 Å². The maximum absolute atomic E-state index is 13.1. The Bertz CT molecular complexity index is 700. The molecule has 3 nitrogen and oxygen atoms in total. The van der Waals surface area contributed by atoms with Crippen LogP contribution >= 0.6 is 11.6 Å². The van der Waals surface area contributed by atoms with Crippen LogP contribution in [0.15, 0.2) is 42.5 Å². The van der Waals surface area contributed by atoms with Crippen molar-refractivity contribution in [2.24, 2.45) is 0 Å². The van der Waals surface area contributed by atoms with Crippen LogP contribution in [0.2, 0.25) is 5.02 Å². The lowest BCUT2D eigenvalue weighted by Gasteiger charge is -2.32. The van der Waals surface area contributed by atoms with E-state index < -0.39 is 0 Å². The molecule has 1 aliphatic rings. The predicted molar refractivity (Wildman–Crippen MR) is 104 cm³/mol. The first-order valence-corrected chi connectivity index (χ1v) is 9.54. The van der Waals surface area contributed by atoms with Crippen molar-refractivity contribution in [3.8, 4) is 5.75 Å². The minimum Gasteiger partial charge on any atom is -0.489 e. The molecule has 1 aliphatic heterocycles. The summed E-state index contributed by atoms with van der Waals surface area (Å²) in [7, 11) is 2.19. The van der Waals surface area contributed by atoms with Gasteiger partial charge in [0.25, 0.3) is 0 Å². The molecule has 0 radical (unpaired) electrons. The minimum absolute atomic E-state index is 0.334. The van der Waals surface area contributed by atoms with Crippen LogP contribution < -0.4 is 4.74 Å². The smallest absolute Gasteiger partial charge is 0.124 e. The third-order valence-electron chi connectivity index (χ3n) is 4.87. The molecule has 0 amide bonds. The van der Waals surface area contributed by atoms with Crippen LogP contribution in [0, 0.1) is 5.82 Å². The van der Waals surface area contributed by atoms with E-state index in [4.69, 9.17) is 16.3 Å². The molecule has 1 saturated heterocycles. The quantitative estimate of drug-likeness (QED) is 0.718. The van der Waals surface area contributed by atoms with Gasteiger partial charge in [0.2, 0.25) is 0 Å². The van der Waals surface area contributed by atoms with E-state index in [0.29, 0.717) is 11.6 Å². The summed E-state index contributed by atoms with van der Waals surface area (Å²) in [6, 6.07) is 12.6. The van der Waals surface area contributed by atoms with Gasteiger partial charge in [0.05, 0.1) is 5.02 Å². The van der Waals surface area contributed by atoms with Crippen LogP contribution in [0.3, 0.4) is 0 Å². The summed E-state index contributed by atoms with van der Waals surface area (Å²) in [5.41, 5.74) is 2.11. The first-order chi connectivity index (χ1) is 12.6. The molecule has 140 valence electrons. The number of aryl methyl sites for hydroxylation is 1. The molecule has 2 aromatic rings. The Labute approximate surface area is 160 Å². The van der Waals surface area contributed by atoms with Crippen molar-refractivity contribution in [3.05, 3.63) is 64.4 Å². The van der Waals surface area contributed by atoms with E-state index >= 15 is 0 Å². The second kappa shape index (κ2) is 9.36. The van der Waals surface area contributed by atoms with Crippen LogP contribution in [0.4, 0.5) is 4.39 Å². The monoisotopic (exact) mass is 376 g/mol. The maximum atomic E-state index is 13.1. The number of rotatable bonds is 7. The molecule has 1 heterocycles. The molecular formula is C21H26ClFN2O. The molecule has 3 rings (SSSR count). The van der Waals surface area contributed by atoms with Crippen molar-refractivity contribution >= 4 is 11.6 Å². The zero-order valence-electron chi connectivity index (χ0n) is 15.3. The summed E-state index contributed by atoms with van der Waals surface area (Å²) in [5.74, 6) is 0.466. The van der Waals surface area contributed by atoms with Gasteiger partial charge in [0.15, 0.2) is 0 Å². The standard InChI is InChI=1S/C21H26ClFN2O/c1-24-11-13-25(14-12-24)10-2-3-17-4-8-20(9-5-17)26-16-18-6-7-19(23)15-21(18)22/h4-9,15H,2-3,10-14,16H2,1H3. The van der Waals surface area contributed by atoms with E-state index in [1.165, 1.54) is 50.3 Å². The Morgan fingerprint density at radius 2 is 1.77 bits per heavy atom. The Balaban J connectivity index is 1.41. The van der Waals surface area contributed by atoms with Gasteiger partial charge in [0.1, 0.15) is 18.2 Å². The van der Waals surface area contributed by atoms with E-state index in [9.17, 15) is 4.39 Å². The second-order valence-electron chi connectivity index (χ2n) is 6.92. The number of likely N-dealkylation sites (N-methyl/N-ethyl adjacent to an activating group) is 1. The number of nitrogens with zero attached hydrogens (tertiary/aromatic N) is 2. The molecule has 0 aromatic heterocycles. The minimum atomic E-state index is -0.334. The summed E-state index contributed by atoms with van der Waals surface area (Å²) < 4.78 is 18.8. The van der Waals surface area contributed by atoms with Crippen molar-refractivity contribution in [1.29, 1.82) is 0 Å². The highest BCUT2D eigenvalue weighted by Gasteiger charge is 2.12. The van der Waals surface area contributed by atoms with Crippen molar-refractivity contribution in [1.82, 2.24) is 9.80 Å². The molecule has 2 aromatic carbocycles. The molecule has 1 fully saturated rings. The van der Waals surface area contributed by atoms with Crippen LogP contribution in [0.1, 0.15) is 17.5 Å². The van der Waals surface area contributed by atoms with Crippen LogP contribution in [-0.4, -0.2) is 49.6 Å². The number of hydrogen-bond donors (Lipinski definition) is 0. The van der Waals surface area contributed by atoms with Gasteiger partial charge < -0.3 is 14.5 Å². The molecule has 5 heteroatoms. The lowest BCUT2D eigenvalue weighted by Crippen LogP contribution is -2.44. The van der Waals surface area contributed by atoms with Gasteiger partial charge in [0, 0.05) is 31.7 Å². The number of hydrogen-bond acceptors (Lipinski definition) is 3. The summed E-state index contributed by atoms with van der Waals surface area (Å²) in [5, 5.41) is 0.394. The molecule has 0 saturated carbocycles. The van der Waals surface area contributed by atoms with E-state index in [0.717, 1.165) is 24.3 Å². The van der Waals surface area contributed by atoms with E-state index in [1.54, 1.807) is 6.07 Å². The van der Waals surface area contributed by atoms with Gasteiger partial charge in [-0.1, -0.05) is 29.8 Å². The normalized spacial score (nSPS) is 16.0. The molecule has 0 unspecified atom stereocenters. The highest BCUT2D eigenvalue weighted by molar-refractivity contribution is 6.31.